The minimum absolute atomic E-state index is 0.401. The van der Waals surface area contributed by atoms with Crippen molar-refractivity contribution in [1.29, 1.82) is 0 Å². The van der Waals surface area contributed by atoms with Gasteiger partial charge in [0.15, 0.2) is 0 Å². The molecule has 0 amide bonds. The molecule has 6 heteroatoms. The Morgan fingerprint density at radius 2 is 0.842 bits per heavy atom. The van der Waals surface area contributed by atoms with Crippen LogP contribution in [0.2, 0.25) is 0 Å². The monoisotopic (exact) mass is 780 g/mol. The first-order valence-electron chi connectivity index (χ1n) is 13.2. The first-order chi connectivity index (χ1) is 17.9. The summed E-state index contributed by atoms with van der Waals surface area (Å²) in [5.41, 5.74) is 8.99. The van der Waals surface area contributed by atoms with Crippen LogP contribution in [0.25, 0.3) is 0 Å². The average Bonchev–Trinajstić information content (AvgIpc) is 3.35. The Morgan fingerprint density at radius 1 is 0.579 bits per heavy atom. The van der Waals surface area contributed by atoms with Gasteiger partial charge < -0.3 is 4.42 Å². The predicted molar refractivity (Wildman–Crippen MR) is 180 cm³/mol. The van der Waals surface area contributed by atoms with Crippen LogP contribution in [0.1, 0.15) is 127 Å². The van der Waals surface area contributed by atoms with Crippen LogP contribution >= 0.6 is 40.7 Å². The molecule has 0 bridgehead atoms. The summed E-state index contributed by atoms with van der Waals surface area (Å²) < 4.78 is 6.29. The zero-order valence-corrected chi connectivity index (χ0v) is 29.8. The Kier molecular flexibility index (Phi) is 13.8. The van der Waals surface area contributed by atoms with Crippen LogP contribution in [0.3, 0.4) is 0 Å². The number of para-hydroxylation sites is 2. The number of hydrogen-bond donors (Lipinski definition) is 0. The number of furan rings is 1. The molecule has 0 atom stereocenters. The van der Waals surface area contributed by atoms with Gasteiger partial charge in [-0.3, -0.25) is 0 Å². The summed E-state index contributed by atoms with van der Waals surface area (Å²) in [7, 11) is 1.19. The van der Waals surface area contributed by atoms with Crippen LogP contribution in [-0.2, 0) is 8.46 Å². The Bertz CT molecular complexity index is 1110. The first-order valence-corrected chi connectivity index (χ1v) is 20.4. The maximum atomic E-state index is 6.29. The molecule has 0 saturated carbocycles. The maximum absolute atomic E-state index is 6.29. The normalized spacial score (nSPS) is 12.6. The van der Waals surface area contributed by atoms with Crippen molar-refractivity contribution < 1.29 is 12.9 Å². The zero-order valence-electron chi connectivity index (χ0n) is 24.3. The molecule has 0 N–H and O–H groups in total. The van der Waals surface area contributed by atoms with Crippen molar-refractivity contribution in [2.24, 2.45) is 9.98 Å². The van der Waals surface area contributed by atoms with Crippen molar-refractivity contribution in [3.05, 3.63) is 82.3 Å². The van der Waals surface area contributed by atoms with Gasteiger partial charge in [-0.2, -0.15) is 0 Å². The van der Waals surface area contributed by atoms with E-state index >= 15 is 0 Å². The fourth-order valence-electron chi connectivity index (χ4n) is 4.45. The summed E-state index contributed by atoms with van der Waals surface area (Å²) >= 11 is 4.55. The first kappa shape index (κ1) is 33.2. The minimum atomic E-state index is 0.401. The second-order valence-electron chi connectivity index (χ2n) is 10.8. The molecule has 3 nitrogen and oxygen atoms in total. The molecule has 1 aromatic heterocycles. The van der Waals surface area contributed by atoms with E-state index in [1.807, 2.05) is 26.0 Å². The molecule has 0 aliphatic carbocycles. The van der Waals surface area contributed by atoms with Gasteiger partial charge in [0.05, 0.1) is 22.8 Å². The summed E-state index contributed by atoms with van der Waals surface area (Å²) in [6.45, 7) is 21.8. The Labute approximate surface area is 259 Å². The van der Waals surface area contributed by atoms with Crippen molar-refractivity contribution in [1.82, 2.24) is 0 Å². The van der Waals surface area contributed by atoms with E-state index in [1.54, 1.807) is 0 Å². The summed E-state index contributed by atoms with van der Waals surface area (Å²) in [5, 5.41) is 0. The third-order valence-corrected chi connectivity index (χ3v) is 6.56. The van der Waals surface area contributed by atoms with Gasteiger partial charge in [0.25, 0.3) is 0 Å². The van der Waals surface area contributed by atoms with Crippen molar-refractivity contribution in [3.8, 4) is 0 Å². The number of benzene rings is 2. The van der Waals surface area contributed by atoms with E-state index in [4.69, 9.17) is 14.4 Å². The summed E-state index contributed by atoms with van der Waals surface area (Å²) in [6, 6.07) is 17.1. The molecule has 3 aromatic rings. The van der Waals surface area contributed by atoms with E-state index < -0.39 is 0 Å². The van der Waals surface area contributed by atoms with Crippen LogP contribution in [0, 0.1) is 0 Å². The molecule has 0 unspecified atom stereocenters. The quantitative estimate of drug-likeness (QED) is 0.127. The molecule has 0 aliphatic heterocycles. The fraction of sp³-hybridized carbons (Fsp3) is 0.438. The van der Waals surface area contributed by atoms with E-state index in [1.165, 1.54) is 30.7 Å². The van der Waals surface area contributed by atoms with Crippen molar-refractivity contribution in [2.45, 2.75) is 92.9 Å². The molecule has 0 radical (unpaired) electrons. The molecule has 38 heavy (non-hydrogen) atoms. The van der Waals surface area contributed by atoms with Gasteiger partial charge in [-0.1, -0.05) is 91.8 Å². The van der Waals surface area contributed by atoms with Crippen molar-refractivity contribution in [3.63, 3.8) is 0 Å². The number of halogens is 2. The van der Waals surface area contributed by atoms with Gasteiger partial charge in [0, 0.05) is 0 Å². The SMILES string of the molecule is CC(=Nc1c(C(C)C)cccc1C(C)C)c1ccc(C(C)=Nc2c(C(C)C)cccc2C(C)C)o1.[I][Fe][I]. The van der Waals surface area contributed by atoms with Crippen LogP contribution in [0.15, 0.2) is 62.9 Å². The third-order valence-electron chi connectivity index (χ3n) is 6.56. The van der Waals surface area contributed by atoms with Gasteiger partial charge in [0.1, 0.15) is 11.5 Å². The number of nitrogens with zero attached hydrogens (tertiary/aromatic N) is 2. The average molecular weight is 780 g/mol. The molecule has 1 heterocycles. The third kappa shape index (κ3) is 8.77. The van der Waals surface area contributed by atoms with Crippen LogP contribution < -0.4 is 0 Å². The second kappa shape index (κ2) is 15.7. The van der Waals surface area contributed by atoms with E-state index in [2.05, 4.69) is 132 Å². The van der Waals surface area contributed by atoms with Crippen LogP contribution in [0.4, 0.5) is 11.4 Å². The molecule has 0 aliphatic rings. The van der Waals surface area contributed by atoms with E-state index in [0.29, 0.717) is 23.7 Å². The second-order valence-corrected chi connectivity index (χ2v) is 20.1. The van der Waals surface area contributed by atoms with Gasteiger partial charge in [-0.05, 0) is 71.9 Å². The summed E-state index contributed by atoms with van der Waals surface area (Å²) in [4.78, 5) is 10.2. The van der Waals surface area contributed by atoms with Crippen molar-refractivity contribution in [2.75, 3.05) is 0 Å². The van der Waals surface area contributed by atoms with E-state index in [0.717, 1.165) is 34.3 Å². The molecular weight excluding hydrogens is 738 g/mol. The van der Waals surface area contributed by atoms with E-state index in [-0.39, 0.29) is 0 Å². The van der Waals surface area contributed by atoms with Gasteiger partial charge >= 0.3 is 49.1 Å². The Balaban J connectivity index is 0.00000161. The van der Waals surface area contributed by atoms with Crippen LogP contribution in [0.5, 0.6) is 0 Å². The molecule has 2 aromatic carbocycles. The summed E-state index contributed by atoms with van der Waals surface area (Å²) in [6.07, 6.45) is 0. The molecular formula is C32H42FeI2N2O. The number of rotatable bonds is 8. The van der Waals surface area contributed by atoms with Gasteiger partial charge in [-0.25, -0.2) is 9.98 Å². The standard InChI is InChI=1S/C32H42N2O.Fe.2HI/c1-19(2)25-13-11-14-26(20(3)4)31(25)33-23(9)29-17-18-30(35-29)24(10)34-32-27(21(5)6)15-12-16-28(32)22(7)8;;;/h11-22H,1-10H3;;2*1H/q;+2;;/p-2. The van der Waals surface area contributed by atoms with Gasteiger partial charge in [0.2, 0.25) is 0 Å². The fourth-order valence-corrected chi connectivity index (χ4v) is 4.45. The van der Waals surface area contributed by atoms with Crippen molar-refractivity contribution >= 4 is 63.5 Å². The zero-order chi connectivity index (χ0) is 28.6. The molecule has 0 spiro atoms. The van der Waals surface area contributed by atoms with Crippen LogP contribution in [-0.4, -0.2) is 11.4 Å². The number of aliphatic imine (C=N–C) groups is 2. The summed E-state index contributed by atoms with van der Waals surface area (Å²) in [5.74, 6) is 3.17. The molecule has 3 rings (SSSR count). The van der Waals surface area contributed by atoms with Gasteiger partial charge in [-0.15, -0.1) is 0 Å². The molecule has 0 saturated heterocycles. The topological polar surface area (TPSA) is 37.9 Å². The molecule has 0 fully saturated rings. The number of hydrogen-bond acceptors (Lipinski definition) is 3. The Morgan fingerprint density at radius 3 is 1.08 bits per heavy atom. The Hall–Kier alpha value is -0.961. The molecule has 208 valence electrons. The predicted octanol–water partition coefficient (Wildman–Crippen LogP) is 11.8. The van der Waals surface area contributed by atoms with E-state index in [9.17, 15) is 0 Å².